The first-order chi connectivity index (χ1) is 10.8. The van der Waals surface area contributed by atoms with Crippen LogP contribution in [-0.2, 0) is 23.1 Å². The molecule has 2 heterocycles. The Morgan fingerprint density at radius 2 is 2.17 bits per heavy atom. The first-order valence-corrected chi connectivity index (χ1v) is 8.90. The van der Waals surface area contributed by atoms with Crippen LogP contribution in [-0.4, -0.2) is 46.6 Å². The van der Waals surface area contributed by atoms with Gasteiger partial charge in [-0.3, -0.25) is 19.6 Å². The van der Waals surface area contributed by atoms with Crippen LogP contribution < -0.4 is 0 Å². The third-order valence-electron chi connectivity index (χ3n) is 4.13. The van der Waals surface area contributed by atoms with Gasteiger partial charge in [-0.15, -0.1) is 0 Å². The highest BCUT2D eigenvalue weighted by Gasteiger charge is 2.22. The smallest absolute Gasteiger partial charge is 0.270 e. The zero-order valence-corrected chi connectivity index (χ0v) is 13.2. The summed E-state index contributed by atoms with van der Waals surface area (Å²) in [5.74, 6) is -0.241. The van der Waals surface area contributed by atoms with E-state index in [-0.39, 0.29) is 11.4 Å². The number of benzene rings is 1. The molecule has 1 aliphatic heterocycles. The van der Waals surface area contributed by atoms with Crippen LogP contribution >= 0.6 is 0 Å². The standard InChI is InChI=1S/C14H17N3O5S/c18-17(19)10-2-3-13-12(8-10)11-4-6-16(9-14(11)15-13)5-1-7-23(20,21)22/h2-3,8,15H,1,4-7,9H2,(H,20,21,22). The van der Waals surface area contributed by atoms with Crippen LogP contribution in [0.1, 0.15) is 17.7 Å². The summed E-state index contributed by atoms with van der Waals surface area (Å²) in [7, 11) is -3.92. The van der Waals surface area contributed by atoms with E-state index in [1.165, 1.54) is 6.07 Å². The number of hydrogen-bond donors (Lipinski definition) is 2. The molecule has 0 amide bonds. The molecule has 0 unspecified atom stereocenters. The van der Waals surface area contributed by atoms with E-state index in [1.54, 1.807) is 12.1 Å². The van der Waals surface area contributed by atoms with Crippen LogP contribution in [0.25, 0.3) is 10.9 Å². The summed E-state index contributed by atoms with van der Waals surface area (Å²) in [6.45, 7) is 1.98. The largest absolute Gasteiger partial charge is 0.357 e. The third-order valence-corrected chi connectivity index (χ3v) is 4.93. The first kappa shape index (κ1) is 15.9. The topological polar surface area (TPSA) is 117 Å². The highest BCUT2D eigenvalue weighted by Crippen LogP contribution is 2.30. The molecule has 0 aliphatic carbocycles. The fourth-order valence-electron chi connectivity index (χ4n) is 3.06. The Morgan fingerprint density at radius 1 is 1.39 bits per heavy atom. The van der Waals surface area contributed by atoms with Gasteiger partial charge in [-0.1, -0.05) is 0 Å². The predicted octanol–water partition coefficient (Wildman–Crippen LogP) is 1.71. The molecule has 0 radical (unpaired) electrons. The Labute approximate surface area is 133 Å². The lowest BCUT2D eigenvalue weighted by Gasteiger charge is -2.26. The van der Waals surface area contributed by atoms with E-state index in [0.717, 1.165) is 35.1 Å². The number of nitro benzene ring substituents is 1. The molecular formula is C14H17N3O5S. The van der Waals surface area contributed by atoms with Crippen molar-refractivity contribution in [3.05, 3.63) is 39.6 Å². The quantitative estimate of drug-likeness (QED) is 0.486. The van der Waals surface area contributed by atoms with Crippen molar-refractivity contribution in [2.75, 3.05) is 18.8 Å². The molecule has 9 heteroatoms. The Balaban J connectivity index is 1.76. The van der Waals surface area contributed by atoms with E-state index in [2.05, 4.69) is 9.88 Å². The average molecular weight is 339 g/mol. The van der Waals surface area contributed by atoms with Gasteiger partial charge in [0.25, 0.3) is 15.8 Å². The summed E-state index contributed by atoms with van der Waals surface area (Å²) >= 11 is 0. The molecule has 23 heavy (non-hydrogen) atoms. The second-order valence-electron chi connectivity index (χ2n) is 5.73. The van der Waals surface area contributed by atoms with E-state index < -0.39 is 15.0 Å². The number of nitro groups is 1. The van der Waals surface area contributed by atoms with Gasteiger partial charge in [0.2, 0.25) is 0 Å². The van der Waals surface area contributed by atoms with Crippen molar-refractivity contribution in [1.82, 2.24) is 9.88 Å². The van der Waals surface area contributed by atoms with E-state index in [9.17, 15) is 18.5 Å². The molecule has 3 rings (SSSR count). The molecule has 0 spiro atoms. The Hall–Kier alpha value is -1.97. The predicted molar refractivity (Wildman–Crippen MR) is 85.0 cm³/mol. The van der Waals surface area contributed by atoms with Crippen molar-refractivity contribution in [3.8, 4) is 0 Å². The van der Waals surface area contributed by atoms with Crippen molar-refractivity contribution < 1.29 is 17.9 Å². The van der Waals surface area contributed by atoms with Crippen LogP contribution in [0.4, 0.5) is 5.69 Å². The molecule has 0 atom stereocenters. The molecule has 0 bridgehead atoms. The third kappa shape index (κ3) is 3.52. The minimum Gasteiger partial charge on any atom is -0.357 e. The number of rotatable bonds is 5. The normalized spacial score (nSPS) is 15.7. The summed E-state index contributed by atoms with van der Waals surface area (Å²) in [5, 5.41) is 11.8. The molecule has 124 valence electrons. The van der Waals surface area contributed by atoms with Crippen LogP contribution in [0.15, 0.2) is 18.2 Å². The Kier molecular flexibility index (Phi) is 4.09. The minimum absolute atomic E-state index is 0.0786. The van der Waals surface area contributed by atoms with Gasteiger partial charge in [-0.05, 0) is 31.0 Å². The van der Waals surface area contributed by atoms with Gasteiger partial charge in [0, 0.05) is 41.8 Å². The van der Waals surface area contributed by atoms with Crippen LogP contribution in [0.5, 0.6) is 0 Å². The lowest BCUT2D eigenvalue weighted by molar-refractivity contribution is -0.384. The molecule has 0 saturated heterocycles. The van der Waals surface area contributed by atoms with E-state index in [1.807, 2.05) is 0 Å². The van der Waals surface area contributed by atoms with Gasteiger partial charge >= 0.3 is 0 Å². The van der Waals surface area contributed by atoms with Crippen molar-refractivity contribution >= 4 is 26.7 Å². The Bertz CT molecular complexity index is 859. The monoisotopic (exact) mass is 339 g/mol. The fraction of sp³-hybridized carbons (Fsp3) is 0.429. The average Bonchev–Trinajstić information content (AvgIpc) is 2.82. The van der Waals surface area contributed by atoms with Crippen molar-refractivity contribution in [3.63, 3.8) is 0 Å². The van der Waals surface area contributed by atoms with E-state index in [4.69, 9.17) is 4.55 Å². The number of fused-ring (bicyclic) bond motifs is 3. The number of aromatic amines is 1. The number of H-pyrrole nitrogens is 1. The highest BCUT2D eigenvalue weighted by molar-refractivity contribution is 7.85. The summed E-state index contributed by atoms with van der Waals surface area (Å²) in [6.07, 6.45) is 1.13. The lowest BCUT2D eigenvalue weighted by atomic mass is 10.0. The number of non-ortho nitro benzene ring substituents is 1. The van der Waals surface area contributed by atoms with Gasteiger partial charge in [-0.25, -0.2) is 0 Å². The van der Waals surface area contributed by atoms with Gasteiger partial charge in [0.15, 0.2) is 0 Å². The molecule has 1 aliphatic rings. The van der Waals surface area contributed by atoms with Crippen LogP contribution in [0.3, 0.4) is 0 Å². The SMILES string of the molecule is O=[N+]([O-])c1ccc2[nH]c3c(c2c1)CCN(CCCS(=O)(=O)O)C3. The van der Waals surface area contributed by atoms with Crippen molar-refractivity contribution in [1.29, 1.82) is 0 Å². The summed E-state index contributed by atoms with van der Waals surface area (Å²) in [5.41, 5.74) is 3.06. The van der Waals surface area contributed by atoms with E-state index >= 15 is 0 Å². The maximum Gasteiger partial charge on any atom is 0.270 e. The number of nitrogens with one attached hydrogen (secondary N) is 1. The zero-order chi connectivity index (χ0) is 16.6. The number of aromatic nitrogens is 1. The van der Waals surface area contributed by atoms with Gasteiger partial charge in [0.05, 0.1) is 10.7 Å². The summed E-state index contributed by atoms with van der Waals surface area (Å²) < 4.78 is 30.3. The van der Waals surface area contributed by atoms with Gasteiger partial charge in [0.1, 0.15) is 0 Å². The minimum atomic E-state index is -3.92. The maximum absolute atomic E-state index is 10.9. The molecule has 1 aromatic carbocycles. The van der Waals surface area contributed by atoms with Crippen molar-refractivity contribution in [2.45, 2.75) is 19.4 Å². The second kappa shape index (κ2) is 5.91. The lowest BCUT2D eigenvalue weighted by Crippen LogP contribution is -2.32. The van der Waals surface area contributed by atoms with Gasteiger partial charge < -0.3 is 4.98 Å². The molecule has 0 fully saturated rings. The molecule has 1 aromatic heterocycles. The summed E-state index contributed by atoms with van der Waals surface area (Å²) in [4.78, 5) is 15.9. The molecule has 2 N–H and O–H groups in total. The zero-order valence-electron chi connectivity index (χ0n) is 12.4. The van der Waals surface area contributed by atoms with Crippen molar-refractivity contribution in [2.24, 2.45) is 0 Å². The summed E-state index contributed by atoms with van der Waals surface area (Å²) in [6, 6.07) is 4.79. The van der Waals surface area contributed by atoms with E-state index in [0.29, 0.717) is 19.5 Å². The van der Waals surface area contributed by atoms with Crippen LogP contribution in [0.2, 0.25) is 0 Å². The number of nitrogens with zero attached hydrogens (tertiary/aromatic N) is 2. The first-order valence-electron chi connectivity index (χ1n) is 7.29. The Morgan fingerprint density at radius 3 is 2.87 bits per heavy atom. The van der Waals surface area contributed by atoms with Crippen LogP contribution in [0, 0.1) is 10.1 Å². The van der Waals surface area contributed by atoms with Gasteiger partial charge in [-0.2, -0.15) is 8.42 Å². The highest BCUT2D eigenvalue weighted by atomic mass is 32.2. The maximum atomic E-state index is 10.9. The number of hydrogen-bond acceptors (Lipinski definition) is 5. The molecular weight excluding hydrogens is 322 g/mol. The molecule has 2 aromatic rings. The second-order valence-corrected chi connectivity index (χ2v) is 7.31. The fourth-order valence-corrected chi connectivity index (χ4v) is 3.55. The molecule has 0 saturated carbocycles. The molecule has 8 nitrogen and oxygen atoms in total.